The molecule has 1 aliphatic rings. The van der Waals surface area contributed by atoms with Crippen LogP contribution in [0.15, 0.2) is 30.3 Å². The summed E-state index contributed by atoms with van der Waals surface area (Å²) in [6.45, 7) is 1.34. The number of piperidine rings is 1. The van der Waals surface area contributed by atoms with Crippen LogP contribution in [-0.4, -0.2) is 35.3 Å². The Morgan fingerprint density at radius 1 is 1.32 bits per heavy atom. The van der Waals surface area contributed by atoms with E-state index in [1.54, 1.807) is 0 Å². The number of carbonyl (C=O) groups is 1. The molecule has 0 aromatic heterocycles. The lowest BCUT2D eigenvalue weighted by molar-refractivity contribution is -0.134. The minimum absolute atomic E-state index is 0.208. The Hall–Kier alpha value is -1.03. The van der Waals surface area contributed by atoms with Crippen LogP contribution in [0.4, 0.5) is 0 Å². The minimum atomic E-state index is 0.208. The van der Waals surface area contributed by atoms with Gasteiger partial charge in [0.1, 0.15) is 5.75 Å². The molecule has 1 aliphatic heterocycles. The average molecular weight is 326 g/mol. The van der Waals surface area contributed by atoms with Crippen LogP contribution in [0.3, 0.4) is 0 Å². The fourth-order valence-electron chi connectivity index (χ4n) is 2.41. The number of benzene rings is 1. The van der Waals surface area contributed by atoms with Gasteiger partial charge in [0.25, 0.3) is 0 Å². The molecule has 0 N–H and O–H groups in total. The lowest BCUT2D eigenvalue weighted by Crippen LogP contribution is -2.45. The Morgan fingerprint density at radius 2 is 2.11 bits per heavy atom. The molecule has 1 aromatic rings. The first-order valence-electron chi connectivity index (χ1n) is 6.84. The Balaban J connectivity index is 1.77. The smallest absolute Gasteiger partial charge is 0.226 e. The molecule has 104 valence electrons. The van der Waals surface area contributed by atoms with Gasteiger partial charge in [-0.3, -0.25) is 4.79 Å². The number of hydrogen-bond donors (Lipinski definition) is 0. The van der Waals surface area contributed by atoms with Crippen molar-refractivity contribution in [1.29, 1.82) is 0 Å². The van der Waals surface area contributed by atoms with Crippen LogP contribution in [0.2, 0.25) is 0 Å². The van der Waals surface area contributed by atoms with Crippen molar-refractivity contribution in [3.63, 3.8) is 0 Å². The van der Waals surface area contributed by atoms with E-state index in [1.807, 2.05) is 35.2 Å². The summed E-state index contributed by atoms with van der Waals surface area (Å²) >= 11 is 3.50. The van der Waals surface area contributed by atoms with Crippen LogP contribution in [0, 0.1) is 0 Å². The van der Waals surface area contributed by atoms with Crippen molar-refractivity contribution in [1.82, 2.24) is 4.90 Å². The second-order valence-corrected chi connectivity index (χ2v) is 5.45. The Kier molecular flexibility index (Phi) is 5.70. The number of nitrogens with zero attached hydrogens (tertiary/aromatic N) is 1. The van der Waals surface area contributed by atoms with Crippen molar-refractivity contribution in [2.45, 2.75) is 31.7 Å². The maximum Gasteiger partial charge on any atom is 0.226 e. The van der Waals surface area contributed by atoms with Crippen LogP contribution in [-0.2, 0) is 4.79 Å². The highest BCUT2D eigenvalue weighted by Crippen LogP contribution is 2.19. The number of rotatable bonds is 5. The number of alkyl halides is 1. The highest BCUT2D eigenvalue weighted by molar-refractivity contribution is 9.09. The van der Waals surface area contributed by atoms with Crippen molar-refractivity contribution in [2.75, 3.05) is 18.5 Å². The molecule has 4 heteroatoms. The number of halogens is 1. The number of para-hydroxylation sites is 1. The predicted molar refractivity (Wildman–Crippen MR) is 79.7 cm³/mol. The number of carbonyl (C=O) groups excluding carboxylic acids is 1. The summed E-state index contributed by atoms with van der Waals surface area (Å²) in [6.07, 6.45) is 3.91. The van der Waals surface area contributed by atoms with E-state index in [1.165, 1.54) is 6.42 Å². The molecule has 0 aliphatic carbocycles. The molecule has 0 spiro atoms. The quantitative estimate of drug-likeness (QED) is 0.778. The number of ether oxygens (including phenoxy) is 1. The third-order valence-electron chi connectivity index (χ3n) is 3.45. The molecule has 2 rings (SSSR count). The number of hydrogen-bond acceptors (Lipinski definition) is 2. The maximum absolute atomic E-state index is 12.2. The monoisotopic (exact) mass is 325 g/mol. The Morgan fingerprint density at radius 3 is 2.84 bits per heavy atom. The predicted octanol–water partition coefficient (Wildman–Crippen LogP) is 3.23. The molecule has 1 aromatic carbocycles. The average Bonchev–Trinajstić information content (AvgIpc) is 2.48. The SMILES string of the molecule is O=C(CCOc1ccccc1)N1CCCCC1CBr. The molecule has 3 nitrogen and oxygen atoms in total. The fourth-order valence-corrected chi connectivity index (χ4v) is 3.08. The van der Waals surface area contributed by atoms with E-state index in [9.17, 15) is 4.79 Å². The number of amides is 1. The van der Waals surface area contributed by atoms with Gasteiger partial charge in [-0.25, -0.2) is 0 Å². The molecule has 1 amide bonds. The van der Waals surface area contributed by atoms with Gasteiger partial charge in [0.15, 0.2) is 0 Å². The molecule has 1 fully saturated rings. The summed E-state index contributed by atoms with van der Waals surface area (Å²) in [7, 11) is 0. The third-order valence-corrected chi connectivity index (χ3v) is 4.20. The molecule has 1 heterocycles. The lowest BCUT2D eigenvalue weighted by Gasteiger charge is -2.34. The topological polar surface area (TPSA) is 29.5 Å². The maximum atomic E-state index is 12.2. The summed E-state index contributed by atoms with van der Waals surface area (Å²) in [5.41, 5.74) is 0. The van der Waals surface area contributed by atoms with Gasteiger partial charge in [-0.1, -0.05) is 34.1 Å². The zero-order valence-electron chi connectivity index (χ0n) is 11.1. The van der Waals surface area contributed by atoms with Gasteiger partial charge in [-0.2, -0.15) is 0 Å². The summed E-state index contributed by atoms with van der Waals surface area (Å²) in [5.74, 6) is 1.03. The van der Waals surface area contributed by atoms with E-state index in [-0.39, 0.29) is 5.91 Å². The zero-order valence-corrected chi connectivity index (χ0v) is 12.6. The van der Waals surface area contributed by atoms with Gasteiger partial charge < -0.3 is 9.64 Å². The Bertz CT molecular complexity index is 396. The fraction of sp³-hybridized carbons (Fsp3) is 0.533. The number of likely N-dealkylation sites (tertiary alicyclic amines) is 1. The van der Waals surface area contributed by atoms with Crippen molar-refractivity contribution in [3.8, 4) is 5.75 Å². The molecule has 1 atom stereocenters. The van der Waals surface area contributed by atoms with Crippen LogP contribution >= 0.6 is 15.9 Å². The minimum Gasteiger partial charge on any atom is -0.493 e. The second kappa shape index (κ2) is 7.53. The van der Waals surface area contributed by atoms with E-state index >= 15 is 0 Å². The molecule has 0 bridgehead atoms. The van der Waals surface area contributed by atoms with E-state index < -0.39 is 0 Å². The van der Waals surface area contributed by atoms with Gasteiger partial charge in [0, 0.05) is 17.9 Å². The highest BCUT2D eigenvalue weighted by atomic mass is 79.9. The first-order chi connectivity index (χ1) is 9.31. The third kappa shape index (κ3) is 4.23. The van der Waals surface area contributed by atoms with Crippen LogP contribution < -0.4 is 4.74 Å². The van der Waals surface area contributed by atoms with Crippen molar-refractivity contribution < 1.29 is 9.53 Å². The molecule has 0 radical (unpaired) electrons. The van der Waals surface area contributed by atoms with Crippen molar-refractivity contribution in [2.24, 2.45) is 0 Å². The second-order valence-electron chi connectivity index (χ2n) is 4.80. The van der Waals surface area contributed by atoms with E-state index in [0.29, 0.717) is 19.1 Å². The summed E-state index contributed by atoms with van der Waals surface area (Å²) in [6, 6.07) is 10.00. The van der Waals surface area contributed by atoms with Gasteiger partial charge in [0.2, 0.25) is 5.91 Å². The van der Waals surface area contributed by atoms with Gasteiger partial charge in [-0.15, -0.1) is 0 Å². The molecule has 1 unspecified atom stereocenters. The largest absolute Gasteiger partial charge is 0.493 e. The van der Waals surface area contributed by atoms with Crippen molar-refractivity contribution in [3.05, 3.63) is 30.3 Å². The van der Waals surface area contributed by atoms with Gasteiger partial charge >= 0.3 is 0 Å². The van der Waals surface area contributed by atoms with Crippen molar-refractivity contribution >= 4 is 21.8 Å². The standard InChI is InChI=1S/C15H20BrNO2/c16-12-13-6-4-5-10-17(13)15(18)9-11-19-14-7-2-1-3-8-14/h1-3,7-8,13H,4-6,9-12H2. The highest BCUT2D eigenvalue weighted by Gasteiger charge is 2.25. The molecule has 0 saturated carbocycles. The van der Waals surface area contributed by atoms with Crippen LogP contribution in [0.5, 0.6) is 5.75 Å². The van der Waals surface area contributed by atoms with Crippen LogP contribution in [0.25, 0.3) is 0 Å². The Labute approximate surface area is 123 Å². The molecular formula is C15H20BrNO2. The van der Waals surface area contributed by atoms with Crippen LogP contribution in [0.1, 0.15) is 25.7 Å². The van der Waals surface area contributed by atoms with E-state index in [0.717, 1.165) is 30.5 Å². The lowest BCUT2D eigenvalue weighted by atomic mass is 10.0. The summed E-state index contributed by atoms with van der Waals surface area (Å²) in [5, 5.41) is 0.873. The molecule has 19 heavy (non-hydrogen) atoms. The van der Waals surface area contributed by atoms with E-state index in [4.69, 9.17) is 4.74 Å². The zero-order chi connectivity index (χ0) is 13.5. The first kappa shape index (κ1) is 14.4. The molecular weight excluding hydrogens is 306 g/mol. The summed E-state index contributed by atoms with van der Waals surface area (Å²) in [4.78, 5) is 14.2. The molecule has 1 saturated heterocycles. The normalized spacial score (nSPS) is 19.2. The van der Waals surface area contributed by atoms with E-state index in [2.05, 4.69) is 15.9 Å². The summed E-state index contributed by atoms with van der Waals surface area (Å²) < 4.78 is 5.58. The van der Waals surface area contributed by atoms with Gasteiger partial charge in [-0.05, 0) is 31.4 Å². The van der Waals surface area contributed by atoms with Gasteiger partial charge in [0.05, 0.1) is 13.0 Å². The first-order valence-corrected chi connectivity index (χ1v) is 7.96.